The number of hydrogen-bond donors (Lipinski definition) is 1. The number of nitrogens with zero attached hydrogens (tertiary/aromatic N) is 1. The van der Waals surface area contributed by atoms with E-state index in [-0.39, 0.29) is 0 Å². The van der Waals surface area contributed by atoms with Gasteiger partial charge in [-0.15, -0.1) is 0 Å². The van der Waals surface area contributed by atoms with E-state index in [0.29, 0.717) is 12.1 Å². The predicted molar refractivity (Wildman–Crippen MR) is 61.8 cm³/mol. The van der Waals surface area contributed by atoms with E-state index in [4.69, 9.17) is 10.5 Å². The molecule has 0 amide bonds. The lowest BCUT2D eigenvalue weighted by molar-refractivity contribution is 0.0652. The van der Waals surface area contributed by atoms with Crippen molar-refractivity contribution in [2.24, 2.45) is 11.7 Å². The molecule has 0 aromatic heterocycles. The van der Waals surface area contributed by atoms with E-state index in [1.54, 1.807) is 0 Å². The van der Waals surface area contributed by atoms with Crippen LogP contribution in [0.2, 0.25) is 0 Å². The Kier molecular flexibility index (Phi) is 4.00. The molecule has 1 heterocycles. The summed E-state index contributed by atoms with van der Waals surface area (Å²) in [6.07, 6.45) is 5.44. The van der Waals surface area contributed by atoms with Gasteiger partial charge in [0.15, 0.2) is 0 Å². The molecule has 3 nitrogen and oxygen atoms in total. The minimum Gasteiger partial charge on any atom is -0.377 e. The third kappa shape index (κ3) is 3.16. The summed E-state index contributed by atoms with van der Waals surface area (Å²) >= 11 is 0. The smallest absolute Gasteiger partial charge is 0.0673 e. The van der Waals surface area contributed by atoms with Gasteiger partial charge >= 0.3 is 0 Å². The van der Waals surface area contributed by atoms with Crippen LogP contribution in [0.5, 0.6) is 0 Å². The van der Waals surface area contributed by atoms with Crippen LogP contribution in [0.1, 0.15) is 32.6 Å². The summed E-state index contributed by atoms with van der Waals surface area (Å²) in [6, 6.07) is 0.449. The molecule has 0 aromatic carbocycles. The zero-order chi connectivity index (χ0) is 10.7. The maximum Gasteiger partial charge on any atom is 0.0673 e. The number of rotatable bonds is 2. The van der Waals surface area contributed by atoms with E-state index in [0.717, 1.165) is 19.1 Å². The molecule has 2 aliphatic rings. The average Bonchev–Trinajstić information content (AvgIpc) is 2.48. The third-order valence-electron chi connectivity index (χ3n) is 3.75. The lowest BCUT2D eigenvalue weighted by Crippen LogP contribution is -2.39. The molecular weight excluding hydrogens is 188 g/mol. The van der Waals surface area contributed by atoms with Crippen molar-refractivity contribution in [2.45, 2.75) is 44.8 Å². The first-order valence-electron chi connectivity index (χ1n) is 6.35. The maximum atomic E-state index is 6.11. The molecule has 2 fully saturated rings. The van der Waals surface area contributed by atoms with Gasteiger partial charge in [0.05, 0.1) is 6.10 Å². The molecule has 15 heavy (non-hydrogen) atoms. The van der Waals surface area contributed by atoms with Gasteiger partial charge < -0.3 is 15.4 Å². The van der Waals surface area contributed by atoms with Gasteiger partial charge in [0, 0.05) is 32.3 Å². The molecule has 1 aliphatic carbocycles. The maximum absolute atomic E-state index is 6.11. The second-order valence-electron chi connectivity index (χ2n) is 5.15. The molecular formula is C12H24N2O. The van der Waals surface area contributed by atoms with Crippen LogP contribution in [0.4, 0.5) is 0 Å². The third-order valence-corrected chi connectivity index (χ3v) is 3.75. The van der Waals surface area contributed by atoms with Crippen molar-refractivity contribution in [2.75, 3.05) is 26.2 Å². The molecule has 3 unspecified atom stereocenters. The quantitative estimate of drug-likeness (QED) is 0.748. The minimum absolute atomic E-state index is 0.394. The van der Waals surface area contributed by atoms with Crippen molar-refractivity contribution in [1.29, 1.82) is 0 Å². The van der Waals surface area contributed by atoms with Crippen molar-refractivity contribution >= 4 is 0 Å². The molecule has 1 aliphatic heterocycles. The standard InChI is InChI=1S/C12H24N2O/c1-10-8-14(6-3-7-15-10)9-11-4-2-5-12(11)13/h10-12H,2-9,13H2,1H3. The number of hydrogen-bond acceptors (Lipinski definition) is 3. The number of ether oxygens (including phenoxy) is 1. The largest absolute Gasteiger partial charge is 0.377 e. The molecule has 1 saturated carbocycles. The van der Waals surface area contributed by atoms with Gasteiger partial charge in [-0.3, -0.25) is 0 Å². The summed E-state index contributed by atoms with van der Waals surface area (Å²) in [5.74, 6) is 0.732. The zero-order valence-electron chi connectivity index (χ0n) is 9.82. The van der Waals surface area contributed by atoms with Crippen LogP contribution in [0.15, 0.2) is 0 Å². The van der Waals surface area contributed by atoms with Crippen LogP contribution < -0.4 is 5.73 Å². The van der Waals surface area contributed by atoms with Crippen LogP contribution in [0, 0.1) is 5.92 Å². The first-order chi connectivity index (χ1) is 7.25. The lowest BCUT2D eigenvalue weighted by Gasteiger charge is -2.26. The molecule has 3 heteroatoms. The highest BCUT2D eigenvalue weighted by molar-refractivity contribution is 4.83. The van der Waals surface area contributed by atoms with Crippen LogP contribution in [0.3, 0.4) is 0 Å². The summed E-state index contributed by atoms with van der Waals surface area (Å²) < 4.78 is 5.65. The minimum atomic E-state index is 0.394. The van der Waals surface area contributed by atoms with Gasteiger partial charge in [-0.1, -0.05) is 6.42 Å². The van der Waals surface area contributed by atoms with E-state index in [1.807, 2.05) is 0 Å². The molecule has 0 spiro atoms. The van der Waals surface area contributed by atoms with Gasteiger partial charge in [-0.25, -0.2) is 0 Å². The van der Waals surface area contributed by atoms with Gasteiger partial charge in [-0.05, 0) is 32.1 Å². The highest BCUT2D eigenvalue weighted by Gasteiger charge is 2.26. The van der Waals surface area contributed by atoms with E-state index < -0.39 is 0 Å². The lowest BCUT2D eigenvalue weighted by atomic mass is 10.0. The summed E-state index contributed by atoms with van der Waals surface area (Å²) in [4.78, 5) is 2.55. The van der Waals surface area contributed by atoms with E-state index in [9.17, 15) is 0 Å². The molecule has 88 valence electrons. The second-order valence-corrected chi connectivity index (χ2v) is 5.15. The van der Waals surface area contributed by atoms with Crippen LogP contribution in [-0.4, -0.2) is 43.3 Å². The summed E-state index contributed by atoms with van der Waals surface area (Å²) in [7, 11) is 0. The Bertz CT molecular complexity index is 198. The average molecular weight is 212 g/mol. The highest BCUT2D eigenvalue weighted by Crippen LogP contribution is 2.25. The first kappa shape index (κ1) is 11.4. The fourth-order valence-corrected chi connectivity index (χ4v) is 2.87. The van der Waals surface area contributed by atoms with Crippen molar-refractivity contribution in [3.63, 3.8) is 0 Å². The van der Waals surface area contributed by atoms with E-state index >= 15 is 0 Å². The number of nitrogens with two attached hydrogens (primary N) is 1. The van der Waals surface area contributed by atoms with Crippen LogP contribution >= 0.6 is 0 Å². The SMILES string of the molecule is CC1CN(CC2CCCC2N)CCCO1. The Morgan fingerprint density at radius 1 is 1.33 bits per heavy atom. The van der Waals surface area contributed by atoms with E-state index in [2.05, 4.69) is 11.8 Å². The van der Waals surface area contributed by atoms with Crippen molar-refractivity contribution < 1.29 is 4.74 Å². The molecule has 1 saturated heterocycles. The van der Waals surface area contributed by atoms with Crippen molar-refractivity contribution in [3.8, 4) is 0 Å². The Balaban J connectivity index is 1.81. The van der Waals surface area contributed by atoms with Crippen LogP contribution in [0.25, 0.3) is 0 Å². The summed E-state index contributed by atoms with van der Waals surface area (Å²) in [5.41, 5.74) is 6.11. The molecule has 2 rings (SSSR count). The molecule has 0 radical (unpaired) electrons. The molecule has 3 atom stereocenters. The monoisotopic (exact) mass is 212 g/mol. The van der Waals surface area contributed by atoms with Gasteiger partial charge in [0.1, 0.15) is 0 Å². The zero-order valence-corrected chi connectivity index (χ0v) is 9.82. The summed E-state index contributed by atoms with van der Waals surface area (Å²) in [5, 5.41) is 0. The Labute approximate surface area is 93.0 Å². The fourth-order valence-electron chi connectivity index (χ4n) is 2.87. The van der Waals surface area contributed by atoms with Crippen molar-refractivity contribution in [1.82, 2.24) is 4.90 Å². The summed E-state index contributed by atoms with van der Waals surface area (Å²) in [6.45, 7) is 6.56. The topological polar surface area (TPSA) is 38.5 Å². The predicted octanol–water partition coefficient (Wildman–Crippen LogP) is 1.22. The van der Waals surface area contributed by atoms with Gasteiger partial charge in [0.25, 0.3) is 0 Å². The molecule has 0 bridgehead atoms. The Morgan fingerprint density at radius 3 is 2.93 bits per heavy atom. The van der Waals surface area contributed by atoms with Gasteiger partial charge in [0.2, 0.25) is 0 Å². The van der Waals surface area contributed by atoms with E-state index in [1.165, 1.54) is 38.8 Å². The van der Waals surface area contributed by atoms with Crippen LogP contribution in [-0.2, 0) is 4.74 Å². The highest BCUT2D eigenvalue weighted by atomic mass is 16.5. The van der Waals surface area contributed by atoms with Crippen molar-refractivity contribution in [3.05, 3.63) is 0 Å². The Hall–Kier alpha value is -0.120. The fraction of sp³-hybridized carbons (Fsp3) is 1.00. The molecule has 0 aromatic rings. The normalized spacial score (nSPS) is 39.2. The first-order valence-corrected chi connectivity index (χ1v) is 6.35. The second kappa shape index (κ2) is 5.28. The Morgan fingerprint density at radius 2 is 2.20 bits per heavy atom. The molecule has 2 N–H and O–H groups in total. The van der Waals surface area contributed by atoms with Gasteiger partial charge in [-0.2, -0.15) is 0 Å².